The van der Waals surface area contributed by atoms with Crippen LogP contribution in [0.15, 0.2) is 24.3 Å². The van der Waals surface area contributed by atoms with E-state index in [1.165, 1.54) is 5.69 Å². The number of hydrogen-bond donors (Lipinski definition) is 0. The predicted molar refractivity (Wildman–Crippen MR) is 75.3 cm³/mol. The fourth-order valence-corrected chi connectivity index (χ4v) is 3.32. The van der Waals surface area contributed by atoms with E-state index in [-0.39, 0.29) is 0 Å². The predicted octanol–water partition coefficient (Wildman–Crippen LogP) is 2.77. The molecule has 0 N–H and O–H groups in total. The first kappa shape index (κ1) is 12.9. The summed E-state index contributed by atoms with van der Waals surface area (Å²) in [5.74, 6) is 0.559. The minimum atomic E-state index is -0.677. The molecule has 1 atom stereocenters. The van der Waals surface area contributed by atoms with E-state index in [1.807, 2.05) is 12.3 Å². The van der Waals surface area contributed by atoms with Gasteiger partial charge in [-0.05, 0) is 30.5 Å². The fourth-order valence-electron chi connectivity index (χ4n) is 2.28. The van der Waals surface area contributed by atoms with Crippen molar-refractivity contribution in [2.75, 3.05) is 24.2 Å². The summed E-state index contributed by atoms with van der Waals surface area (Å²) in [7, 11) is -0.677. The standard InChI is InChI=1S/C13H18ClNOS/c1-17(16)13-5-7-15(8-6-13)12-4-2-3-11(9-12)10-14/h2-4,9,13H,5-8,10H2,1H3. The van der Waals surface area contributed by atoms with Crippen LogP contribution in [0.2, 0.25) is 0 Å². The summed E-state index contributed by atoms with van der Waals surface area (Å²) in [6.07, 6.45) is 3.86. The number of benzene rings is 1. The molecule has 1 aliphatic heterocycles. The Morgan fingerprint density at radius 3 is 2.71 bits per heavy atom. The summed E-state index contributed by atoms with van der Waals surface area (Å²) in [6, 6.07) is 8.37. The molecule has 94 valence electrons. The summed E-state index contributed by atoms with van der Waals surface area (Å²) in [6.45, 7) is 1.99. The highest BCUT2D eigenvalue weighted by Crippen LogP contribution is 2.23. The van der Waals surface area contributed by atoms with Gasteiger partial charge in [0.2, 0.25) is 0 Å². The molecule has 0 amide bonds. The van der Waals surface area contributed by atoms with Crippen molar-refractivity contribution in [3.8, 4) is 0 Å². The maximum Gasteiger partial charge on any atom is 0.0474 e. The van der Waals surface area contributed by atoms with E-state index >= 15 is 0 Å². The molecule has 1 unspecified atom stereocenters. The Labute approximate surface area is 110 Å². The van der Waals surface area contributed by atoms with E-state index in [0.29, 0.717) is 11.1 Å². The second-order valence-electron chi connectivity index (χ2n) is 4.49. The van der Waals surface area contributed by atoms with Gasteiger partial charge in [-0.1, -0.05) is 12.1 Å². The van der Waals surface area contributed by atoms with Crippen LogP contribution in [0.3, 0.4) is 0 Å². The Morgan fingerprint density at radius 1 is 1.41 bits per heavy atom. The number of anilines is 1. The normalized spacial score (nSPS) is 19.3. The first-order valence-corrected chi connectivity index (χ1v) is 8.08. The monoisotopic (exact) mass is 271 g/mol. The van der Waals surface area contributed by atoms with Crippen LogP contribution < -0.4 is 4.90 Å². The molecular weight excluding hydrogens is 254 g/mol. The van der Waals surface area contributed by atoms with E-state index in [9.17, 15) is 4.21 Å². The molecule has 2 nitrogen and oxygen atoms in total. The SMILES string of the molecule is CS(=O)C1CCN(c2cccc(CCl)c2)CC1. The average Bonchev–Trinajstić information content (AvgIpc) is 2.39. The van der Waals surface area contributed by atoms with Gasteiger partial charge in [0, 0.05) is 47.0 Å². The summed E-state index contributed by atoms with van der Waals surface area (Å²) in [5, 5.41) is 0.377. The second-order valence-corrected chi connectivity index (χ2v) is 6.42. The molecule has 0 saturated carbocycles. The molecule has 1 saturated heterocycles. The first-order chi connectivity index (χ1) is 8.20. The zero-order valence-electron chi connectivity index (χ0n) is 10.1. The van der Waals surface area contributed by atoms with Gasteiger partial charge in [-0.15, -0.1) is 11.6 Å². The summed E-state index contributed by atoms with van der Waals surface area (Å²) < 4.78 is 11.4. The van der Waals surface area contributed by atoms with Crippen molar-refractivity contribution in [3.05, 3.63) is 29.8 Å². The van der Waals surface area contributed by atoms with Crippen molar-refractivity contribution >= 4 is 28.1 Å². The maximum atomic E-state index is 11.4. The van der Waals surface area contributed by atoms with E-state index in [4.69, 9.17) is 11.6 Å². The van der Waals surface area contributed by atoms with Gasteiger partial charge in [0.25, 0.3) is 0 Å². The van der Waals surface area contributed by atoms with Gasteiger partial charge in [-0.25, -0.2) is 0 Å². The number of hydrogen-bond acceptors (Lipinski definition) is 2. The summed E-state index contributed by atoms with van der Waals surface area (Å²) >= 11 is 5.84. The lowest BCUT2D eigenvalue weighted by Crippen LogP contribution is -2.37. The summed E-state index contributed by atoms with van der Waals surface area (Å²) in [5.41, 5.74) is 2.40. The van der Waals surface area contributed by atoms with Crippen molar-refractivity contribution in [1.29, 1.82) is 0 Å². The quantitative estimate of drug-likeness (QED) is 0.788. The highest BCUT2D eigenvalue weighted by molar-refractivity contribution is 7.84. The zero-order valence-corrected chi connectivity index (χ0v) is 11.6. The van der Waals surface area contributed by atoms with Gasteiger partial charge in [-0.2, -0.15) is 0 Å². The smallest absolute Gasteiger partial charge is 0.0474 e. The van der Waals surface area contributed by atoms with Crippen molar-refractivity contribution in [3.63, 3.8) is 0 Å². The molecule has 0 spiro atoms. The van der Waals surface area contributed by atoms with Crippen LogP contribution in [0.25, 0.3) is 0 Å². The second kappa shape index (κ2) is 5.87. The van der Waals surface area contributed by atoms with Crippen molar-refractivity contribution in [2.24, 2.45) is 0 Å². The van der Waals surface area contributed by atoms with Crippen LogP contribution in [-0.2, 0) is 16.7 Å². The van der Waals surface area contributed by atoms with Gasteiger partial charge in [0.1, 0.15) is 0 Å². The number of piperidine rings is 1. The van der Waals surface area contributed by atoms with E-state index in [2.05, 4.69) is 23.1 Å². The Morgan fingerprint density at radius 2 is 2.12 bits per heavy atom. The number of rotatable bonds is 3. The molecule has 0 aromatic heterocycles. The van der Waals surface area contributed by atoms with Gasteiger partial charge in [0.15, 0.2) is 0 Å². The maximum absolute atomic E-state index is 11.4. The molecule has 0 bridgehead atoms. The molecule has 4 heteroatoms. The Bertz CT molecular complexity index is 402. The van der Waals surface area contributed by atoms with Gasteiger partial charge in [-0.3, -0.25) is 4.21 Å². The third kappa shape index (κ3) is 3.23. The third-order valence-electron chi connectivity index (χ3n) is 3.34. The topological polar surface area (TPSA) is 20.3 Å². The van der Waals surface area contributed by atoms with E-state index in [1.54, 1.807) is 0 Å². The van der Waals surface area contributed by atoms with Crippen molar-refractivity contribution in [2.45, 2.75) is 24.0 Å². The average molecular weight is 272 g/mol. The zero-order chi connectivity index (χ0) is 12.3. The van der Waals surface area contributed by atoms with E-state index < -0.39 is 10.8 Å². The number of alkyl halides is 1. The van der Waals surface area contributed by atoms with Crippen molar-refractivity contribution < 1.29 is 4.21 Å². The number of nitrogens with zero attached hydrogens (tertiary/aromatic N) is 1. The Kier molecular flexibility index (Phi) is 4.46. The largest absolute Gasteiger partial charge is 0.371 e. The Balaban J connectivity index is 2.02. The lowest BCUT2D eigenvalue weighted by Gasteiger charge is -2.32. The molecule has 1 aromatic rings. The minimum Gasteiger partial charge on any atom is -0.371 e. The fraction of sp³-hybridized carbons (Fsp3) is 0.538. The van der Waals surface area contributed by atoms with Crippen molar-refractivity contribution in [1.82, 2.24) is 0 Å². The summed E-state index contributed by atoms with van der Waals surface area (Å²) in [4.78, 5) is 2.36. The van der Waals surface area contributed by atoms with Crippen LogP contribution >= 0.6 is 11.6 Å². The minimum absolute atomic E-state index is 0.377. The molecule has 1 aliphatic rings. The highest BCUT2D eigenvalue weighted by Gasteiger charge is 2.21. The molecule has 2 rings (SSSR count). The number of halogens is 1. The Hall–Kier alpha value is -0.540. The molecular formula is C13H18ClNOS. The molecule has 0 aliphatic carbocycles. The lowest BCUT2D eigenvalue weighted by molar-refractivity contribution is 0.572. The van der Waals surface area contributed by atoms with Crippen LogP contribution in [0.4, 0.5) is 5.69 Å². The van der Waals surface area contributed by atoms with Gasteiger partial charge >= 0.3 is 0 Å². The van der Waals surface area contributed by atoms with Gasteiger partial charge < -0.3 is 4.90 Å². The molecule has 1 fully saturated rings. The third-order valence-corrected chi connectivity index (χ3v) is 5.06. The molecule has 1 aromatic carbocycles. The van der Waals surface area contributed by atoms with Crippen LogP contribution in [0, 0.1) is 0 Å². The molecule has 1 heterocycles. The highest BCUT2D eigenvalue weighted by atomic mass is 35.5. The lowest BCUT2D eigenvalue weighted by atomic mass is 10.1. The van der Waals surface area contributed by atoms with E-state index in [0.717, 1.165) is 31.5 Å². The first-order valence-electron chi connectivity index (χ1n) is 5.93. The molecule has 17 heavy (non-hydrogen) atoms. The van der Waals surface area contributed by atoms with Gasteiger partial charge in [0.05, 0.1) is 0 Å². The molecule has 0 radical (unpaired) electrons. The van der Waals surface area contributed by atoms with Crippen LogP contribution in [0.5, 0.6) is 0 Å². The van der Waals surface area contributed by atoms with Crippen LogP contribution in [-0.4, -0.2) is 28.8 Å². The van der Waals surface area contributed by atoms with Crippen LogP contribution in [0.1, 0.15) is 18.4 Å².